The van der Waals surface area contributed by atoms with E-state index >= 15 is 0 Å². The average Bonchev–Trinajstić information content (AvgIpc) is 2.75. The van der Waals surface area contributed by atoms with E-state index in [1.54, 1.807) is 7.11 Å². The number of rotatable bonds is 3. The van der Waals surface area contributed by atoms with Crippen molar-refractivity contribution < 1.29 is 4.74 Å². The molecule has 110 valence electrons. The molecule has 2 aromatic rings. The van der Waals surface area contributed by atoms with Gasteiger partial charge in [-0.3, -0.25) is 0 Å². The van der Waals surface area contributed by atoms with Gasteiger partial charge in [0.15, 0.2) is 0 Å². The van der Waals surface area contributed by atoms with Gasteiger partial charge in [-0.25, -0.2) is 0 Å². The first-order valence-electron chi connectivity index (χ1n) is 6.79. The zero-order valence-corrected chi connectivity index (χ0v) is 13.5. The third-order valence-corrected chi connectivity index (χ3v) is 3.71. The van der Waals surface area contributed by atoms with Gasteiger partial charge in [0.05, 0.1) is 12.1 Å². The van der Waals surface area contributed by atoms with E-state index in [0.29, 0.717) is 17.3 Å². The van der Waals surface area contributed by atoms with Crippen molar-refractivity contribution in [3.63, 3.8) is 0 Å². The summed E-state index contributed by atoms with van der Waals surface area (Å²) in [5, 5.41) is 9.87. The van der Waals surface area contributed by atoms with Crippen LogP contribution in [0.2, 0.25) is 5.02 Å². The van der Waals surface area contributed by atoms with Crippen LogP contribution in [0.15, 0.2) is 30.3 Å². The standard InChI is InChI=1S/C17H19ClN2O/c1-17(2,3)16-9-14(18)15(10-19)20(16)11-12-5-7-13(21-4)8-6-12/h5-9H,11H2,1-4H3. The lowest BCUT2D eigenvalue weighted by molar-refractivity contribution is 0.414. The van der Waals surface area contributed by atoms with Gasteiger partial charge in [-0.15, -0.1) is 0 Å². The van der Waals surface area contributed by atoms with E-state index in [1.807, 2.05) is 34.9 Å². The highest BCUT2D eigenvalue weighted by atomic mass is 35.5. The minimum atomic E-state index is -0.0782. The zero-order chi connectivity index (χ0) is 15.6. The van der Waals surface area contributed by atoms with Crippen LogP contribution in [0.1, 0.15) is 37.7 Å². The molecule has 0 aliphatic carbocycles. The first-order chi connectivity index (χ1) is 9.86. The minimum absolute atomic E-state index is 0.0782. The molecule has 0 spiro atoms. The third kappa shape index (κ3) is 3.22. The quantitative estimate of drug-likeness (QED) is 0.844. The predicted molar refractivity (Wildman–Crippen MR) is 85.0 cm³/mol. The molecule has 0 aliphatic rings. The molecular formula is C17H19ClN2O. The van der Waals surface area contributed by atoms with E-state index < -0.39 is 0 Å². The molecule has 4 heteroatoms. The molecule has 0 N–H and O–H groups in total. The molecule has 0 atom stereocenters. The van der Waals surface area contributed by atoms with Crippen molar-refractivity contribution >= 4 is 11.6 Å². The van der Waals surface area contributed by atoms with Gasteiger partial charge in [-0.1, -0.05) is 44.5 Å². The summed E-state index contributed by atoms with van der Waals surface area (Å²) in [5.74, 6) is 0.820. The second-order valence-electron chi connectivity index (χ2n) is 6.02. The highest BCUT2D eigenvalue weighted by Crippen LogP contribution is 2.31. The monoisotopic (exact) mass is 302 g/mol. The lowest BCUT2D eigenvalue weighted by Crippen LogP contribution is -2.19. The summed E-state index contributed by atoms with van der Waals surface area (Å²) in [6.07, 6.45) is 0. The Morgan fingerprint density at radius 3 is 2.33 bits per heavy atom. The molecule has 0 saturated heterocycles. The average molecular weight is 303 g/mol. The zero-order valence-electron chi connectivity index (χ0n) is 12.8. The van der Waals surface area contributed by atoms with Crippen LogP contribution < -0.4 is 4.74 Å². The fourth-order valence-electron chi connectivity index (χ4n) is 2.33. The number of aromatic nitrogens is 1. The molecule has 0 radical (unpaired) electrons. The molecule has 0 saturated carbocycles. The Hall–Kier alpha value is -1.92. The first-order valence-corrected chi connectivity index (χ1v) is 7.17. The van der Waals surface area contributed by atoms with Crippen LogP contribution in [-0.4, -0.2) is 11.7 Å². The smallest absolute Gasteiger partial charge is 0.139 e. The molecule has 0 amide bonds. The Balaban J connectivity index is 2.44. The highest BCUT2D eigenvalue weighted by molar-refractivity contribution is 6.31. The Morgan fingerprint density at radius 1 is 1.24 bits per heavy atom. The van der Waals surface area contributed by atoms with E-state index in [1.165, 1.54) is 0 Å². The van der Waals surface area contributed by atoms with Crippen molar-refractivity contribution in [2.45, 2.75) is 32.7 Å². The summed E-state index contributed by atoms with van der Waals surface area (Å²) < 4.78 is 7.16. The van der Waals surface area contributed by atoms with Gasteiger partial charge >= 0.3 is 0 Å². The van der Waals surface area contributed by atoms with Crippen molar-refractivity contribution in [3.05, 3.63) is 52.3 Å². The van der Waals surface area contributed by atoms with Crippen LogP contribution in [0.4, 0.5) is 0 Å². The number of halogens is 1. The van der Waals surface area contributed by atoms with E-state index in [9.17, 15) is 5.26 Å². The van der Waals surface area contributed by atoms with E-state index in [0.717, 1.165) is 17.0 Å². The number of methoxy groups -OCH3 is 1. The fraction of sp³-hybridized carbons (Fsp3) is 0.353. The van der Waals surface area contributed by atoms with E-state index in [-0.39, 0.29) is 5.41 Å². The largest absolute Gasteiger partial charge is 0.497 e. The lowest BCUT2D eigenvalue weighted by Gasteiger charge is -2.22. The van der Waals surface area contributed by atoms with Crippen molar-refractivity contribution in [3.8, 4) is 11.8 Å². The molecule has 21 heavy (non-hydrogen) atoms. The van der Waals surface area contributed by atoms with Gasteiger partial charge in [0, 0.05) is 17.7 Å². The second-order valence-corrected chi connectivity index (χ2v) is 6.43. The topological polar surface area (TPSA) is 38.0 Å². The lowest BCUT2D eigenvalue weighted by atomic mass is 9.92. The fourth-order valence-corrected chi connectivity index (χ4v) is 2.58. The molecule has 1 heterocycles. The SMILES string of the molecule is COc1ccc(Cn2c(C(C)(C)C)cc(Cl)c2C#N)cc1. The van der Waals surface area contributed by atoms with Crippen molar-refractivity contribution in [2.75, 3.05) is 7.11 Å². The molecule has 0 unspecified atom stereocenters. The summed E-state index contributed by atoms with van der Waals surface area (Å²) in [5.41, 5.74) is 2.59. The van der Waals surface area contributed by atoms with E-state index in [4.69, 9.17) is 16.3 Å². The second kappa shape index (κ2) is 5.83. The number of ether oxygens (including phenoxy) is 1. The van der Waals surface area contributed by atoms with Crippen LogP contribution >= 0.6 is 11.6 Å². The van der Waals surface area contributed by atoms with Gasteiger partial charge in [0.2, 0.25) is 0 Å². The molecule has 0 bridgehead atoms. The molecule has 1 aromatic carbocycles. The molecular weight excluding hydrogens is 284 g/mol. The molecule has 3 nitrogen and oxygen atoms in total. The number of nitriles is 1. The number of hydrogen-bond acceptors (Lipinski definition) is 2. The molecule has 0 aliphatic heterocycles. The van der Waals surface area contributed by atoms with Crippen molar-refractivity contribution in [2.24, 2.45) is 0 Å². The van der Waals surface area contributed by atoms with Crippen LogP contribution in [0, 0.1) is 11.3 Å². The molecule has 0 fully saturated rings. The maximum Gasteiger partial charge on any atom is 0.139 e. The Kier molecular flexibility index (Phi) is 4.29. The first kappa shape index (κ1) is 15.5. The van der Waals surface area contributed by atoms with Crippen LogP contribution in [-0.2, 0) is 12.0 Å². The Morgan fingerprint density at radius 2 is 1.86 bits per heavy atom. The Labute approximate surface area is 130 Å². The molecule has 1 aromatic heterocycles. The maximum atomic E-state index is 9.36. The van der Waals surface area contributed by atoms with Gasteiger partial charge < -0.3 is 9.30 Å². The van der Waals surface area contributed by atoms with Crippen LogP contribution in [0.5, 0.6) is 5.75 Å². The minimum Gasteiger partial charge on any atom is -0.497 e. The van der Waals surface area contributed by atoms with Gasteiger partial charge in [-0.05, 0) is 23.8 Å². The summed E-state index contributed by atoms with van der Waals surface area (Å²) in [6, 6.07) is 11.9. The summed E-state index contributed by atoms with van der Waals surface area (Å²) in [6.45, 7) is 6.96. The highest BCUT2D eigenvalue weighted by Gasteiger charge is 2.23. The van der Waals surface area contributed by atoms with Crippen LogP contribution in [0.25, 0.3) is 0 Å². The van der Waals surface area contributed by atoms with Gasteiger partial charge in [0.1, 0.15) is 17.5 Å². The maximum absolute atomic E-state index is 9.36. The van der Waals surface area contributed by atoms with Gasteiger partial charge in [-0.2, -0.15) is 5.26 Å². The number of benzene rings is 1. The van der Waals surface area contributed by atoms with Crippen LogP contribution in [0.3, 0.4) is 0 Å². The summed E-state index contributed by atoms with van der Waals surface area (Å²) in [4.78, 5) is 0. The number of nitrogens with zero attached hydrogens (tertiary/aromatic N) is 2. The third-order valence-electron chi connectivity index (χ3n) is 3.42. The van der Waals surface area contributed by atoms with Crippen molar-refractivity contribution in [1.29, 1.82) is 5.26 Å². The Bertz CT molecular complexity index is 673. The molecule has 2 rings (SSSR count). The van der Waals surface area contributed by atoms with E-state index in [2.05, 4.69) is 26.8 Å². The summed E-state index contributed by atoms with van der Waals surface area (Å²) in [7, 11) is 1.65. The van der Waals surface area contributed by atoms with Gasteiger partial charge in [0.25, 0.3) is 0 Å². The number of hydrogen-bond donors (Lipinski definition) is 0. The predicted octanol–water partition coefficient (Wildman–Crippen LogP) is 4.37. The van der Waals surface area contributed by atoms with Crippen molar-refractivity contribution in [1.82, 2.24) is 4.57 Å². The normalized spacial score (nSPS) is 11.2. The summed E-state index contributed by atoms with van der Waals surface area (Å²) >= 11 is 6.21.